The third-order valence-corrected chi connectivity index (χ3v) is 7.06. The number of imidazole rings is 1. The third-order valence-electron chi connectivity index (χ3n) is 7.06. The molecule has 208 valence electrons. The number of nitrogens with zero attached hydrogens (tertiary/aromatic N) is 5. The number of nitrogens with two attached hydrogens (primary N) is 2. The largest absolute Gasteiger partial charge is 0.383 e. The molecule has 1 aromatic carbocycles. The first-order valence-electron chi connectivity index (χ1n) is 12.9. The lowest BCUT2D eigenvalue weighted by Crippen LogP contribution is -2.44. The van der Waals surface area contributed by atoms with Gasteiger partial charge in [-0.3, -0.25) is 33.5 Å². The van der Waals surface area contributed by atoms with Gasteiger partial charge in [-0.15, -0.1) is 0 Å². The molecule has 0 spiro atoms. The third kappa shape index (κ3) is 5.23. The summed E-state index contributed by atoms with van der Waals surface area (Å²) in [6.07, 6.45) is 6.97. The number of rotatable bonds is 10. The van der Waals surface area contributed by atoms with Gasteiger partial charge in [0.05, 0.1) is 35.9 Å². The van der Waals surface area contributed by atoms with Crippen LogP contribution in [0.5, 0.6) is 0 Å². The number of aryl methyl sites for hydroxylation is 2. The van der Waals surface area contributed by atoms with Crippen LogP contribution in [-0.2, 0) is 34.3 Å². The van der Waals surface area contributed by atoms with Crippen molar-refractivity contribution in [1.82, 2.24) is 29.2 Å². The summed E-state index contributed by atoms with van der Waals surface area (Å²) in [5.41, 5.74) is 14.8. The lowest BCUT2D eigenvalue weighted by molar-refractivity contribution is -0.135. The highest BCUT2D eigenvalue weighted by molar-refractivity contribution is 6.00. The molecule has 0 aliphatic carbocycles. The van der Waals surface area contributed by atoms with Gasteiger partial charge in [0.1, 0.15) is 11.9 Å². The van der Waals surface area contributed by atoms with Crippen molar-refractivity contribution >= 4 is 34.6 Å². The number of hydrogen-bond acceptors (Lipinski definition) is 8. The minimum Gasteiger partial charge on any atom is -0.383 e. The molecule has 13 nitrogen and oxygen atoms in total. The molecule has 1 atom stereocenters. The van der Waals surface area contributed by atoms with Crippen LogP contribution in [0.3, 0.4) is 0 Å². The van der Waals surface area contributed by atoms with Crippen LogP contribution in [0, 0.1) is 0 Å². The summed E-state index contributed by atoms with van der Waals surface area (Å²) in [6, 6.07) is 6.55. The summed E-state index contributed by atoms with van der Waals surface area (Å²) in [7, 11) is 1.69. The maximum atomic E-state index is 13.1. The highest BCUT2D eigenvalue weighted by atomic mass is 16.5. The summed E-state index contributed by atoms with van der Waals surface area (Å²) in [5.74, 6) is -1.32. The van der Waals surface area contributed by atoms with Gasteiger partial charge in [-0.05, 0) is 37.0 Å². The van der Waals surface area contributed by atoms with Crippen molar-refractivity contribution < 1.29 is 19.1 Å². The molecule has 1 aliphatic rings. The van der Waals surface area contributed by atoms with Crippen LogP contribution in [0.1, 0.15) is 41.2 Å². The summed E-state index contributed by atoms with van der Waals surface area (Å²) in [4.78, 5) is 52.7. The van der Waals surface area contributed by atoms with E-state index in [1.807, 2.05) is 24.4 Å². The van der Waals surface area contributed by atoms with Crippen molar-refractivity contribution in [3.05, 3.63) is 64.5 Å². The Morgan fingerprint density at radius 3 is 2.77 bits per heavy atom. The van der Waals surface area contributed by atoms with E-state index in [1.54, 1.807) is 34.8 Å². The van der Waals surface area contributed by atoms with Gasteiger partial charge < -0.3 is 16.2 Å². The van der Waals surface area contributed by atoms with E-state index >= 15 is 0 Å². The number of piperidine rings is 1. The molecule has 3 aromatic heterocycles. The van der Waals surface area contributed by atoms with E-state index in [4.69, 9.17) is 16.2 Å². The van der Waals surface area contributed by atoms with Crippen molar-refractivity contribution in [2.45, 2.75) is 38.3 Å². The van der Waals surface area contributed by atoms with Crippen LogP contribution in [0.15, 0.2) is 47.7 Å². The Hall–Kier alpha value is -4.78. The van der Waals surface area contributed by atoms with E-state index in [0.717, 1.165) is 23.1 Å². The predicted molar refractivity (Wildman–Crippen MR) is 146 cm³/mol. The molecular formula is C27H30N8O5. The number of anilines is 1. The molecule has 1 saturated heterocycles. The summed E-state index contributed by atoms with van der Waals surface area (Å²) < 4.78 is 10.6. The van der Waals surface area contributed by atoms with Gasteiger partial charge in [-0.2, -0.15) is 5.10 Å². The second kappa shape index (κ2) is 11.1. The second-order valence-electron chi connectivity index (χ2n) is 9.69. The number of imide groups is 1. The predicted octanol–water partition coefficient (Wildman–Crippen LogP) is 0.907. The van der Waals surface area contributed by atoms with Crippen molar-refractivity contribution in [3.8, 4) is 11.1 Å². The van der Waals surface area contributed by atoms with Crippen molar-refractivity contribution in [3.63, 3.8) is 0 Å². The van der Waals surface area contributed by atoms with Crippen LogP contribution < -0.4 is 22.5 Å². The monoisotopic (exact) mass is 546 g/mol. The number of para-hydroxylation sites is 1. The molecule has 0 radical (unpaired) electrons. The van der Waals surface area contributed by atoms with E-state index < -0.39 is 17.9 Å². The standard InChI is InChI=1S/C27H30N8O5/c1-33-23-16(4-2-6-20(23)35(27(33)39)21-7-8-22(36)32-26(21)38)5-3-10-40-11-9-34-15-18(14-31-34)17-12-19(25(29)37)24(28)30-13-17/h2,4,6,12-15,21H,3,5,7-11H2,1H3,(H2,28,30)(H2,29,37)(H,32,36,38). The minimum absolute atomic E-state index is 0.0855. The Balaban J connectivity index is 1.17. The Labute approximate surface area is 228 Å². The molecule has 13 heteroatoms. The first-order valence-corrected chi connectivity index (χ1v) is 12.9. The maximum absolute atomic E-state index is 13.1. The van der Waals surface area contributed by atoms with Crippen LogP contribution in [-0.4, -0.2) is 54.8 Å². The molecule has 1 fully saturated rings. The molecule has 0 saturated carbocycles. The molecule has 4 heterocycles. The number of benzene rings is 1. The van der Waals surface area contributed by atoms with Crippen molar-refractivity contribution in [2.75, 3.05) is 18.9 Å². The maximum Gasteiger partial charge on any atom is 0.329 e. The summed E-state index contributed by atoms with van der Waals surface area (Å²) in [6.45, 7) is 1.49. The van der Waals surface area contributed by atoms with E-state index in [2.05, 4.69) is 15.4 Å². The number of pyridine rings is 1. The lowest BCUT2D eigenvalue weighted by atomic mass is 10.0. The molecule has 40 heavy (non-hydrogen) atoms. The number of aromatic nitrogens is 5. The van der Waals surface area contributed by atoms with Gasteiger partial charge in [0.2, 0.25) is 11.8 Å². The Bertz CT molecular complexity index is 1670. The van der Waals surface area contributed by atoms with Gasteiger partial charge in [0, 0.05) is 43.6 Å². The summed E-state index contributed by atoms with van der Waals surface area (Å²) >= 11 is 0. The molecule has 0 bridgehead atoms. The second-order valence-corrected chi connectivity index (χ2v) is 9.69. The molecule has 3 amide bonds. The van der Waals surface area contributed by atoms with E-state index in [-0.39, 0.29) is 29.4 Å². The molecule has 4 aromatic rings. The highest BCUT2D eigenvalue weighted by Gasteiger charge is 2.31. The van der Waals surface area contributed by atoms with Crippen LogP contribution >= 0.6 is 0 Å². The number of nitrogens with one attached hydrogen (secondary N) is 1. The van der Waals surface area contributed by atoms with E-state index in [9.17, 15) is 19.2 Å². The fraction of sp³-hybridized carbons (Fsp3) is 0.333. The number of nitrogen functional groups attached to an aromatic ring is 1. The molecule has 5 N–H and O–H groups in total. The molecule has 5 rings (SSSR count). The zero-order chi connectivity index (χ0) is 28.4. The first-order chi connectivity index (χ1) is 19.2. The SMILES string of the molecule is Cn1c(=O)n(C2CCC(=O)NC2=O)c2cccc(CCCOCCn3cc(-c4cnc(N)c(C(N)=O)c4)cn3)c21. The fourth-order valence-electron chi connectivity index (χ4n) is 5.04. The zero-order valence-electron chi connectivity index (χ0n) is 22.0. The Morgan fingerprint density at radius 2 is 2.00 bits per heavy atom. The smallest absolute Gasteiger partial charge is 0.329 e. The van der Waals surface area contributed by atoms with E-state index in [1.165, 1.54) is 4.57 Å². The van der Waals surface area contributed by atoms with E-state index in [0.29, 0.717) is 43.7 Å². The number of hydrogen-bond donors (Lipinski definition) is 3. The van der Waals surface area contributed by atoms with Crippen LogP contribution in [0.25, 0.3) is 22.2 Å². The number of carbonyl (C=O) groups is 3. The zero-order valence-corrected chi connectivity index (χ0v) is 22.0. The number of ether oxygens (including phenoxy) is 1. The van der Waals surface area contributed by atoms with Gasteiger partial charge in [-0.25, -0.2) is 9.78 Å². The number of fused-ring (bicyclic) bond motifs is 1. The van der Waals surface area contributed by atoms with Gasteiger partial charge in [0.25, 0.3) is 5.91 Å². The van der Waals surface area contributed by atoms with Crippen molar-refractivity contribution in [2.24, 2.45) is 12.8 Å². The Kier molecular flexibility index (Phi) is 7.47. The Morgan fingerprint density at radius 1 is 1.18 bits per heavy atom. The molecular weight excluding hydrogens is 516 g/mol. The quantitative estimate of drug-likeness (QED) is 0.194. The van der Waals surface area contributed by atoms with Gasteiger partial charge in [0.15, 0.2) is 0 Å². The average molecular weight is 547 g/mol. The summed E-state index contributed by atoms with van der Waals surface area (Å²) in [5, 5.41) is 6.67. The minimum atomic E-state index is -0.711. The average Bonchev–Trinajstić information content (AvgIpc) is 3.49. The van der Waals surface area contributed by atoms with Gasteiger partial charge >= 0.3 is 5.69 Å². The lowest BCUT2D eigenvalue weighted by Gasteiger charge is -2.21. The first kappa shape index (κ1) is 26.8. The molecule has 1 aliphatic heterocycles. The molecule has 1 unspecified atom stereocenters. The number of carbonyl (C=O) groups excluding carboxylic acids is 3. The van der Waals surface area contributed by atoms with Crippen molar-refractivity contribution in [1.29, 1.82) is 0 Å². The normalized spacial score (nSPS) is 15.5. The fourth-order valence-corrected chi connectivity index (χ4v) is 5.04. The number of primary amides is 1. The van der Waals surface area contributed by atoms with Gasteiger partial charge in [-0.1, -0.05) is 12.1 Å². The van der Waals surface area contributed by atoms with Crippen LogP contribution in [0.2, 0.25) is 0 Å². The highest BCUT2D eigenvalue weighted by Crippen LogP contribution is 2.26. The van der Waals surface area contributed by atoms with Crippen LogP contribution in [0.4, 0.5) is 5.82 Å². The number of amides is 3. The topological polar surface area (TPSA) is 182 Å².